The molecule has 5 rings (SSSR count). The molecule has 4 nitrogen and oxygen atoms in total. The lowest BCUT2D eigenvalue weighted by atomic mass is 9.96. The zero-order valence-corrected chi connectivity index (χ0v) is 17.8. The van der Waals surface area contributed by atoms with Crippen LogP contribution in [0.5, 0.6) is 0 Å². The molecular weight excluding hydrogens is 380 g/mol. The van der Waals surface area contributed by atoms with Crippen molar-refractivity contribution in [3.63, 3.8) is 0 Å². The first-order valence-electron chi connectivity index (χ1n) is 10.3. The van der Waals surface area contributed by atoms with Gasteiger partial charge in [-0.05, 0) is 42.2 Å². The van der Waals surface area contributed by atoms with Crippen LogP contribution in [0.25, 0.3) is 38.8 Å². The Balaban J connectivity index is 1.90. The highest BCUT2D eigenvalue weighted by atomic mass is 15.0. The van der Waals surface area contributed by atoms with Gasteiger partial charge < -0.3 is 0 Å². The Labute approximate surface area is 181 Å². The Morgan fingerprint density at radius 2 is 1.68 bits per heavy atom. The van der Waals surface area contributed by atoms with Crippen LogP contribution in [0.15, 0.2) is 79.1 Å². The maximum absolute atomic E-state index is 9.86. The van der Waals surface area contributed by atoms with E-state index in [-0.39, 0.29) is 0 Å². The molecule has 0 saturated carbocycles. The van der Waals surface area contributed by atoms with Gasteiger partial charge in [0.2, 0.25) is 11.2 Å². The van der Waals surface area contributed by atoms with E-state index in [1.54, 1.807) is 0 Å². The molecule has 0 saturated heterocycles. The van der Waals surface area contributed by atoms with Gasteiger partial charge in [0.1, 0.15) is 5.69 Å². The summed E-state index contributed by atoms with van der Waals surface area (Å²) in [7, 11) is 2.00. The maximum Gasteiger partial charge on any atom is 0.287 e. The van der Waals surface area contributed by atoms with Crippen molar-refractivity contribution in [1.29, 1.82) is 5.26 Å². The van der Waals surface area contributed by atoms with E-state index in [4.69, 9.17) is 0 Å². The molecule has 2 heterocycles. The topological polar surface area (TPSA) is 44.4 Å². The van der Waals surface area contributed by atoms with Gasteiger partial charge >= 0.3 is 0 Å². The lowest BCUT2D eigenvalue weighted by molar-refractivity contribution is -0.662. The van der Waals surface area contributed by atoms with Crippen LogP contribution < -0.4 is 9.13 Å². The van der Waals surface area contributed by atoms with Gasteiger partial charge in [0, 0.05) is 41.6 Å². The first-order valence-corrected chi connectivity index (χ1v) is 10.3. The van der Waals surface area contributed by atoms with Crippen molar-refractivity contribution in [2.75, 3.05) is 0 Å². The van der Waals surface area contributed by atoms with Gasteiger partial charge in [-0.1, -0.05) is 24.3 Å². The van der Waals surface area contributed by atoms with Crippen LogP contribution in [-0.2, 0) is 7.05 Å². The second-order valence-corrected chi connectivity index (χ2v) is 7.87. The number of aromatic nitrogens is 3. The zero-order valence-electron chi connectivity index (χ0n) is 17.8. The molecular formula is C27H22N4+2. The Morgan fingerprint density at radius 3 is 2.52 bits per heavy atom. The lowest BCUT2D eigenvalue weighted by Crippen LogP contribution is -2.37. The Morgan fingerprint density at radius 1 is 0.903 bits per heavy atom. The van der Waals surface area contributed by atoms with Crippen LogP contribution >= 0.6 is 0 Å². The number of pyridine rings is 1. The molecule has 0 fully saturated rings. The molecule has 3 aromatic carbocycles. The summed E-state index contributed by atoms with van der Waals surface area (Å²) < 4.78 is 4.29. The van der Waals surface area contributed by atoms with E-state index in [2.05, 4.69) is 71.9 Å². The van der Waals surface area contributed by atoms with E-state index >= 15 is 0 Å². The van der Waals surface area contributed by atoms with E-state index in [9.17, 15) is 5.26 Å². The summed E-state index contributed by atoms with van der Waals surface area (Å²) in [6.45, 7) is 4.24. The fourth-order valence-electron chi connectivity index (χ4n) is 4.39. The van der Waals surface area contributed by atoms with Crippen LogP contribution in [0.1, 0.15) is 16.8 Å². The molecule has 0 N–H and O–H groups in total. The van der Waals surface area contributed by atoms with Crippen molar-refractivity contribution in [3.8, 4) is 23.0 Å². The second-order valence-electron chi connectivity index (χ2n) is 7.87. The van der Waals surface area contributed by atoms with Gasteiger partial charge in [0.25, 0.3) is 6.33 Å². The number of rotatable bonds is 2. The minimum absolute atomic E-state index is 0.635. The third-order valence-electron chi connectivity index (χ3n) is 5.92. The maximum atomic E-state index is 9.86. The first kappa shape index (κ1) is 18.9. The Bertz CT molecular complexity index is 1420. The summed E-state index contributed by atoms with van der Waals surface area (Å²) >= 11 is 0. The van der Waals surface area contributed by atoms with Crippen molar-refractivity contribution in [2.45, 2.75) is 13.8 Å². The summed E-state index contributed by atoms with van der Waals surface area (Å²) in [6.07, 6.45) is 1.84. The number of aryl methyl sites for hydroxylation is 2. The summed E-state index contributed by atoms with van der Waals surface area (Å²) in [5.41, 5.74) is 8.04. The van der Waals surface area contributed by atoms with E-state index in [1.807, 2.05) is 48.3 Å². The van der Waals surface area contributed by atoms with Gasteiger partial charge in [0.15, 0.2) is 11.2 Å². The number of fused-ring (bicyclic) bond motifs is 2. The van der Waals surface area contributed by atoms with Crippen molar-refractivity contribution in [3.05, 3.63) is 95.9 Å². The summed E-state index contributed by atoms with van der Waals surface area (Å²) in [4.78, 5) is 4.57. The monoisotopic (exact) mass is 402 g/mol. The van der Waals surface area contributed by atoms with Gasteiger partial charge in [0.05, 0.1) is 24.1 Å². The molecule has 4 heteroatoms. The van der Waals surface area contributed by atoms with Crippen molar-refractivity contribution >= 4 is 21.8 Å². The number of benzene rings is 3. The van der Waals surface area contributed by atoms with Crippen LogP contribution in [0.3, 0.4) is 0 Å². The van der Waals surface area contributed by atoms with E-state index in [0.29, 0.717) is 5.56 Å². The zero-order chi connectivity index (χ0) is 21.5. The molecule has 0 spiro atoms. The molecule has 0 amide bonds. The summed E-state index contributed by atoms with van der Waals surface area (Å²) in [5, 5.41) is 12.1. The molecule has 0 aliphatic carbocycles. The minimum atomic E-state index is 0.635. The van der Waals surface area contributed by atoms with Crippen LogP contribution in [0.4, 0.5) is 0 Å². The van der Waals surface area contributed by atoms with Gasteiger partial charge in [-0.25, -0.2) is 4.57 Å². The number of nitriles is 1. The standard InChI is InChI=1S/C27H22N4/c1-18-12-13-21-8-4-7-11-25(21)31(18)26-15-20(16-28)14-23(19(26)2)27-22-9-5-6-10-24(22)29-17-30(27)3/h4-15,17H,1-3H3/q+2. The summed E-state index contributed by atoms with van der Waals surface area (Å²) in [6, 6.07) is 27.1. The molecule has 0 atom stereocenters. The van der Waals surface area contributed by atoms with E-state index in [0.717, 1.165) is 50.0 Å². The Hall–Kier alpha value is -4.10. The molecule has 0 radical (unpaired) electrons. The van der Waals surface area contributed by atoms with E-state index < -0.39 is 0 Å². The van der Waals surface area contributed by atoms with Crippen LogP contribution in [0, 0.1) is 25.2 Å². The third kappa shape index (κ3) is 3.03. The molecule has 148 valence electrons. The number of nitrogens with zero attached hydrogens (tertiary/aromatic N) is 4. The highest BCUT2D eigenvalue weighted by molar-refractivity contribution is 5.92. The average Bonchev–Trinajstić information content (AvgIpc) is 2.80. The fourth-order valence-corrected chi connectivity index (χ4v) is 4.39. The lowest BCUT2D eigenvalue weighted by Gasteiger charge is -2.12. The van der Waals surface area contributed by atoms with Gasteiger partial charge in [-0.15, -0.1) is 0 Å². The van der Waals surface area contributed by atoms with E-state index in [1.165, 1.54) is 0 Å². The first-order chi connectivity index (χ1) is 15.1. The highest BCUT2D eigenvalue weighted by Gasteiger charge is 2.25. The average molecular weight is 403 g/mol. The molecule has 0 bridgehead atoms. The van der Waals surface area contributed by atoms with Crippen molar-refractivity contribution in [1.82, 2.24) is 4.98 Å². The largest absolute Gasteiger partial charge is 0.287 e. The molecule has 0 aliphatic rings. The second kappa shape index (κ2) is 7.30. The fraction of sp³-hybridized carbons (Fsp3) is 0.111. The predicted octanol–water partition coefficient (Wildman–Crippen LogP) is 4.64. The van der Waals surface area contributed by atoms with Crippen LogP contribution in [-0.4, -0.2) is 4.98 Å². The molecule has 5 aromatic rings. The SMILES string of the molecule is Cc1c(-c2c3ccccc3nc[n+]2C)cc(C#N)cc1-[n+]1c(C)ccc2ccccc21. The molecule has 0 unspecified atom stereocenters. The smallest absolute Gasteiger partial charge is 0.232 e. The number of para-hydroxylation sites is 2. The quantitative estimate of drug-likeness (QED) is 0.404. The normalized spacial score (nSPS) is 11.0. The van der Waals surface area contributed by atoms with Gasteiger partial charge in [-0.3, -0.25) is 0 Å². The Kier molecular flexibility index (Phi) is 4.45. The minimum Gasteiger partial charge on any atom is -0.232 e. The van der Waals surface area contributed by atoms with Crippen molar-refractivity contribution in [2.24, 2.45) is 7.05 Å². The van der Waals surface area contributed by atoms with Crippen LogP contribution in [0.2, 0.25) is 0 Å². The van der Waals surface area contributed by atoms with Crippen molar-refractivity contribution < 1.29 is 9.13 Å². The predicted molar refractivity (Wildman–Crippen MR) is 122 cm³/mol. The van der Waals surface area contributed by atoms with Gasteiger partial charge in [-0.2, -0.15) is 9.83 Å². The molecule has 31 heavy (non-hydrogen) atoms. The summed E-state index contributed by atoms with van der Waals surface area (Å²) in [5.74, 6) is 0. The molecule has 0 aliphatic heterocycles. The molecule has 2 aromatic heterocycles. The third-order valence-corrected chi connectivity index (χ3v) is 5.92. The highest BCUT2D eigenvalue weighted by Crippen LogP contribution is 2.30. The number of hydrogen-bond acceptors (Lipinski definition) is 2. The number of hydrogen-bond donors (Lipinski definition) is 0.